The first kappa shape index (κ1) is 17.2. The van der Waals surface area contributed by atoms with Crippen LogP contribution in [0.2, 0.25) is 5.02 Å². The Morgan fingerprint density at radius 2 is 2.00 bits per heavy atom. The molecule has 0 saturated heterocycles. The summed E-state index contributed by atoms with van der Waals surface area (Å²) >= 11 is 5.89. The smallest absolute Gasteiger partial charge is 0.243 e. The number of aliphatic hydroxyl groups is 1. The summed E-state index contributed by atoms with van der Waals surface area (Å²) in [5.74, 6) is 0. The second-order valence-electron chi connectivity index (χ2n) is 4.62. The number of nitrogens with two attached hydrogens (primary N) is 1. The van der Waals surface area contributed by atoms with Gasteiger partial charge in [0, 0.05) is 13.1 Å². The molecule has 114 valence electrons. The summed E-state index contributed by atoms with van der Waals surface area (Å²) < 4.78 is 26.5. The fourth-order valence-corrected chi connectivity index (χ4v) is 3.81. The van der Waals surface area contributed by atoms with Gasteiger partial charge in [0.25, 0.3) is 0 Å². The van der Waals surface area contributed by atoms with Gasteiger partial charge < -0.3 is 10.8 Å². The van der Waals surface area contributed by atoms with Crippen molar-refractivity contribution in [1.29, 1.82) is 0 Å². The van der Waals surface area contributed by atoms with Gasteiger partial charge >= 0.3 is 0 Å². The lowest BCUT2D eigenvalue weighted by Crippen LogP contribution is -2.34. The quantitative estimate of drug-likeness (QED) is 0.753. The molecule has 0 amide bonds. The summed E-state index contributed by atoms with van der Waals surface area (Å²) in [6.07, 6.45) is 1.61. The first-order chi connectivity index (χ1) is 9.34. The molecule has 1 aromatic carbocycles. The predicted molar refractivity (Wildman–Crippen MR) is 81.4 cm³/mol. The molecule has 0 fully saturated rings. The van der Waals surface area contributed by atoms with Crippen LogP contribution in [-0.2, 0) is 10.0 Å². The Bertz CT molecular complexity index is 561. The zero-order valence-electron chi connectivity index (χ0n) is 11.8. The number of aliphatic hydroxyl groups excluding tert-OH is 1. The highest BCUT2D eigenvalue weighted by Gasteiger charge is 2.26. The molecular formula is C13H21ClN2O3S. The first-order valence-electron chi connectivity index (χ1n) is 6.51. The van der Waals surface area contributed by atoms with Gasteiger partial charge in [0.15, 0.2) is 0 Å². The Morgan fingerprint density at radius 3 is 2.55 bits per heavy atom. The van der Waals surface area contributed by atoms with Gasteiger partial charge in [0.2, 0.25) is 10.0 Å². The van der Waals surface area contributed by atoms with Crippen LogP contribution >= 0.6 is 11.6 Å². The fraction of sp³-hybridized carbons (Fsp3) is 0.538. The molecule has 0 unspecified atom stereocenters. The Morgan fingerprint density at radius 1 is 1.35 bits per heavy atom. The SMILES string of the molecule is CCCCN(CCO)S(=O)(=O)c1cc(N)c(Cl)cc1C. The van der Waals surface area contributed by atoms with Gasteiger partial charge in [-0.3, -0.25) is 0 Å². The third-order valence-corrected chi connectivity index (χ3v) is 5.39. The minimum Gasteiger partial charge on any atom is -0.397 e. The van der Waals surface area contributed by atoms with Crippen LogP contribution in [0.5, 0.6) is 0 Å². The highest BCUT2D eigenvalue weighted by molar-refractivity contribution is 7.89. The Kier molecular flexibility index (Phi) is 6.26. The van der Waals surface area contributed by atoms with Crippen molar-refractivity contribution in [3.63, 3.8) is 0 Å². The number of anilines is 1. The highest BCUT2D eigenvalue weighted by atomic mass is 35.5. The number of unbranched alkanes of at least 4 members (excludes halogenated alkanes) is 1. The second kappa shape index (κ2) is 7.26. The minimum atomic E-state index is -3.67. The lowest BCUT2D eigenvalue weighted by atomic mass is 10.2. The van der Waals surface area contributed by atoms with E-state index in [0.29, 0.717) is 17.1 Å². The van der Waals surface area contributed by atoms with E-state index in [-0.39, 0.29) is 23.7 Å². The molecule has 7 heteroatoms. The molecule has 0 spiro atoms. The highest BCUT2D eigenvalue weighted by Crippen LogP contribution is 2.28. The van der Waals surface area contributed by atoms with E-state index in [4.69, 9.17) is 22.4 Å². The molecule has 0 bridgehead atoms. The summed E-state index contributed by atoms with van der Waals surface area (Å²) in [5, 5.41) is 9.40. The van der Waals surface area contributed by atoms with Crippen LogP contribution in [0.25, 0.3) is 0 Å². The summed E-state index contributed by atoms with van der Waals surface area (Å²) in [6.45, 7) is 3.89. The molecule has 0 aliphatic rings. The molecule has 0 radical (unpaired) electrons. The average molecular weight is 321 g/mol. The maximum atomic E-state index is 12.6. The number of benzene rings is 1. The van der Waals surface area contributed by atoms with E-state index in [1.54, 1.807) is 13.0 Å². The zero-order chi connectivity index (χ0) is 15.3. The fourth-order valence-electron chi connectivity index (χ4n) is 1.88. The lowest BCUT2D eigenvalue weighted by molar-refractivity contribution is 0.252. The standard InChI is InChI=1S/C13H21ClN2O3S/c1-3-4-5-16(6-7-17)20(18,19)13-9-12(15)11(14)8-10(13)2/h8-9,17H,3-7,15H2,1-2H3. The van der Waals surface area contributed by atoms with Crippen LogP contribution in [-0.4, -0.2) is 37.5 Å². The van der Waals surface area contributed by atoms with Crippen molar-refractivity contribution in [2.24, 2.45) is 0 Å². The largest absolute Gasteiger partial charge is 0.397 e. The number of aryl methyl sites for hydroxylation is 1. The molecule has 0 aromatic heterocycles. The number of sulfonamides is 1. The third-order valence-electron chi connectivity index (χ3n) is 3.02. The summed E-state index contributed by atoms with van der Waals surface area (Å²) in [4.78, 5) is 0.143. The molecule has 1 rings (SSSR count). The summed E-state index contributed by atoms with van der Waals surface area (Å²) in [5.41, 5.74) is 6.47. The topological polar surface area (TPSA) is 83.6 Å². The normalized spacial score (nSPS) is 12.1. The third kappa shape index (κ3) is 3.85. The Labute approximate surface area is 125 Å². The van der Waals surface area contributed by atoms with Crippen molar-refractivity contribution in [3.05, 3.63) is 22.7 Å². The van der Waals surface area contributed by atoms with Crippen LogP contribution in [0, 0.1) is 6.92 Å². The molecule has 0 aliphatic heterocycles. The Hall–Kier alpha value is -0.820. The van der Waals surface area contributed by atoms with Gasteiger partial charge in [-0.15, -0.1) is 0 Å². The molecule has 0 aliphatic carbocycles. The van der Waals surface area contributed by atoms with Crippen LogP contribution in [0.4, 0.5) is 5.69 Å². The number of hydrogen-bond donors (Lipinski definition) is 2. The van der Waals surface area contributed by atoms with E-state index in [1.165, 1.54) is 10.4 Å². The predicted octanol–water partition coefficient (Wildman–Crippen LogP) is 2.01. The van der Waals surface area contributed by atoms with Gasteiger partial charge in [-0.25, -0.2) is 8.42 Å². The monoisotopic (exact) mass is 320 g/mol. The van der Waals surface area contributed by atoms with Crippen molar-refractivity contribution in [2.75, 3.05) is 25.4 Å². The molecule has 20 heavy (non-hydrogen) atoms. The van der Waals surface area contributed by atoms with Gasteiger partial charge in [-0.05, 0) is 31.0 Å². The van der Waals surface area contributed by atoms with Crippen LogP contribution in [0.1, 0.15) is 25.3 Å². The zero-order valence-corrected chi connectivity index (χ0v) is 13.3. The van der Waals surface area contributed by atoms with Crippen molar-refractivity contribution >= 4 is 27.3 Å². The van der Waals surface area contributed by atoms with E-state index < -0.39 is 10.0 Å². The van der Waals surface area contributed by atoms with Gasteiger partial charge in [0.05, 0.1) is 22.2 Å². The number of hydrogen-bond acceptors (Lipinski definition) is 4. The van der Waals surface area contributed by atoms with E-state index in [2.05, 4.69) is 0 Å². The van der Waals surface area contributed by atoms with Crippen molar-refractivity contribution < 1.29 is 13.5 Å². The van der Waals surface area contributed by atoms with Gasteiger partial charge in [-0.2, -0.15) is 4.31 Å². The molecule has 3 N–H and O–H groups in total. The molecular weight excluding hydrogens is 300 g/mol. The maximum Gasteiger partial charge on any atom is 0.243 e. The first-order valence-corrected chi connectivity index (χ1v) is 8.33. The second-order valence-corrected chi connectivity index (χ2v) is 6.93. The Balaban J connectivity index is 3.22. The van der Waals surface area contributed by atoms with Crippen molar-refractivity contribution in [2.45, 2.75) is 31.6 Å². The summed E-state index contributed by atoms with van der Waals surface area (Å²) in [7, 11) is -3.67. The van der Waals surface area contributed by atoms with Gasteiger partial charge in [-0.1, -0.05) is 24.9 Å². The van der Waals surface area contributed by atoms with E-state index in [0.717, 1.165) is 12.8 Å². The van der Waals surface area contributed by atoms with Crippen molar-refractivity contribution in [3.8, 4) is 0 Å². The summed E-state index contributed by atoms with van der Waals surface area (Å²) in [6, 6.07) is 2.92. The van der Waals surface area contributed by atoms with E-state index >= 15 is 0 Å². The number of nitrogen functional groups attached to an aromatic ring is 1. The molecule has 0 saturated carbocycles. The van der Waals surface area contributed by atoms with Gasteiger partial charge in [0.1, 0.15) is 0 Å². The molecule has 5 nitrogen and oxygen atoms in total. The van der Waals surface area contributed by atoms with Crippen LogP contribution < -0.4 is 5.73 Å². The molecule has 0 heterocycles. The number of nitrogens with zero attached hydrogens (tertiary/aromatic N) is 1. The van der Waals surface area contributed by atoms with Crippen LogP contribution in [0.15, 0.2) is 17.0 Å². The van der Waals surface area contributed by atoms with Crippen molar-refractivity contribution in [1.82, 2.24) is 4.31 Å². The van der Waals surface area contributed by atoms with E-state index in [9.17, 15) is 8.42 Å². The van der Waals surface area contributed by atoms with Crippen LogP contribution in [0.3, 0.4) is 0 Å². The van der Waals surface area contributed by atoms with E-state index in [1.807, 2.05) is 6.92 Å². The number of rotatable bonds is 7. The molecule has 0 atom stereocenters. The molecule has 1 aromatic rings. The maximum absolute atomic E-state index is 12.6. The average Bonchev–Trinajstić information content (AvgIpc) is 2.38. The lowest BCUT2D eigenvalue weighted by Gasteiger charge is -2.22. The minimum absolute atomic E-state index is 0.0737. The number of halogens is 1.